The molecule has 3 aromatic carbocycles. The first-order chi connectivity index (χ1) is 15.5. The zero-order valence-electron chi connectivity index (χ0n) is 17.4. The third kappa shape index (κ3) is 4.13. The van der Waals surface area contributed by atoms with Crippen LogP contribution in [-0.4, -0.2) is 47.0 Å². The summed E-state index contributed by atoms with van der Waals surface area (Å²) in [7, 11) is 1.69. The fraction of sp³-hybridized carbons (Fsp3) is 0.120. The van der Waals surface area contributed by atoms with Crippen LogP contribution in [0.25, 0.3) is 0 Å². The maximum Gasteiger partial charge on any atom is 0.262 e. The Labute approximate surface area is 185 Å². The highest BCUT2D eigenvalue weighted by Gasteiger charge is 2.36. The molecule has 4 rings (SSSR count). The first kappa shape index (κ1) is 21.0. The lowest BCUT2D eigenvalue weighted by atomic mass is 10.1. The topological polar surface area (TPSA) is 86.8 Å². The molecule has 160 valence electrons. The summed E-state index contributed by atoms with van der Waals surface area (Å²) in [5.41, 5.74) is 2.18. The van der Waals surface area contributed by atoms with Gasteiger partial charge in [0.2, 0.25) is 5.91 Å². The van der Waals surface area contributed by atoms with Gasteiger partial charge in [-0.3, -0.25) is 24.1 Å². The molecular formula is C25H21N3O4. The molecule has 1 aliphatic heterocycles. The van der Waals surface area contributed by atoms with Crippen LogP contribution in [0.5, 0.6) is 0 Å². The molecule has 4 amide bonds. The van der Waals surface area contributed by atoms with Crippen LogP contribution in [0.3, 0.4) is 0 Å². The standard InChI is InChI=1S/C25H21N3O4/c1-27(15-17-9-3-2-4-10-17)23(30)20-13-7-8-14-21(20)26-22(29)16-28-24(31)18-11-5-6-12-19(18)25(28)32/h2-14H,15-16H2,1H3,(H,26,29). The first-order valence-electron chi connectivity index (χ1n) is 10.1. The van der Waals surface area contributed by atoms with Crippen molar-refractivity contribution in [1.82, 2.24) is 9.80 Å². The number of nitrogens with zero attached hydrogens (tertiary/aromatic N) is 2. The van der Waals surface area contributed by atoms with Crippen LogP contribution < -0.4 is 5.32 Å². The minimum absolute atomic E-state index is 0.259. The van der Waals surface area contributed by atoms with E-state index < -0.39 is 24.3 Å². The van der Waals surface area contributed by atoms with Gasteiger partial charge in [0.05, 0.1) is 22.4 Å². The number of hydrogen-bond donors (Lipinski definition) is 1. The third-order valence-electron chi connectivity index (χ3n) is 5.22. The summed E-state index contributed by atoms with van der Waals surface area (Å²) in [6, 6.07) is 22.7. The molecule has 1 aliphatic rings. The van der Waals surface area contributed by atoms with Crippen molar-refractivity contribution in [3.05, 3.63) is 101 Å². The molecule has 7 heteroatoms. The number of nitrogens with one attached hydrogen (secondary N) is 1. The summed E-state index contributed by atoms with van der Waals surface area (Å²) in [5, 5.41) is 2.67. The molecular weight excluding hydrogens is 406 g/mol. The van der Waals surface area contributed by atoms with E-state index in [1.165, 1.54) is 0 Å². The van der Waals surface area contributed by atoms with Crippen molar-refractivity contribution in [2.45, 2.75) is 6.54 Å². The number of hydrogen-bond acceptors (Lipinski definition) is 4. The van der Waals surface area contributed by atoms with Gasteiger partial charge in [-0.1, -0.05) is 54.6 Å². The minimum Gasteiger partial charge on any atom is -0.337 e. The summed E-state index contributed by atoms with van der Waals surface area (Å²) in [6.45, 7) is -0.0221. The Morgan fingerprint density at radius 3 is 2.03 bits per heavy atom. The SMILES string of the molecule is CN(Cc1ccccc1)C(=O)c1ccccc1NC(=O)CN1C(=O)c2ccccc2C1=O. The smallest absolute Gasteiger partial charge is 0.262 e. The molecule has 7 nitrogen and oxygen atoms in total. The van der Waals surface area contributed by atoms with Gasteiger partial charge in [0, 0.05) is 13.6 Å². The van der Waals surface area contributed by atoms with E-state index in [1.807, 2.05) is 30.3 Å². The van der Waals surface area contributed by atoms with E-state index in [1.54, 1.807) is 60.5 Å². The quantitative estimate of drug-likeness (QED) is 0.612. The predicted molar refractivity (Wildman–Crippen MR) is 119 cm³/mol. The van der Waals surface area contributed by atoms with Crippen LogP contribution in [-0.2, 0) is 11.3 Å². The van der Waals surface area contributed by atoms with E-state index in [4.69, 9.17) is 0 Å². The Hall–Kier alpha value is -4.26. The molecule has 0 saturated carbocycles. The number of imide groups is 1. The van der Waals surface area contributed by atoms with E-state index in [0.29, 0.717) is 17.8 Å². The van der Waals surface area contributed by atoms with Gasteiger partial charge in [0.1, 0.15) is 6.54 Å². The number of carbonyl (C=O) groups excluding carboxylic acids is 4. The van der Waals surface area contributed by atoms with E-state index in [-0.39, 0.29) is 17.0 Å². The minimum atomic E-state index is -0.564. The Morgan fingerprint density at radius 2 is 1.38 bits per heavy atom. The predicted octanol–water partition coefficient (Wildman–Crippen LogP) is 3.19. The van der Waals surface area contributed by atoms with Gasteiger partial charge in [0.25, 0.3) is 17.7 Å². The number of fused-ring (bicyclic) bond motifs is 1. The normalized spacial score (nSPS) is 12.5. The fourth-order valence-electron chi connectivity index (χ4n) is 3.63. The number of benzene rings is 3. The molecule has 0 radical (unpaired) electrons. The van der Waals surface area contributed by atoms with Gasteiger partial charge in [0.15, 0.2) is 0 Å². The Kier molecular flexibility index (Phi) is 5.81. The summed E-state index contributed by atoms with van der Waals surface area (Å²) >= 11 is 0. The molecule has 0 saturated heterocycles. The zero-order valence-corrected chi connectivity index (χ0v) is 17.4. The maximum atomic E-state index is 13.0. The van der Waals surface area contributed by atoms with Crippen molar-refractivity contribution in [3.63, 3.8) is 0 Å². The monoisotopic (exact) mass is 427 g/mol. The summed E-state index contributed by atoms with van der Waals surface area (Å²) in [4.78, 5) is 53.1. The summed E-state index contributed by atoms with van der Waals surface area (Å²) in [6.07, 6.45) is 0. The molecule has 0 aromatic heterocycles. The lowest BCUT2D eigenvalue weighted by molar-refractivity contribution is -0.116. The summed E-state index contributed by atoms with van der Waals surface area (Å²) in [5.74, 6) is -1.84. The highest BCUT2D eigenvalue weighted by molar-refractivity contribution is 6.22. The van der Waals surface area contributed by atoms with Gasteiger partial charge in [-0.05, 0) is 29.8 Å². The van der Waals surface area contributed by atoms with E-state index in [0.717, 1.165) is 10.5 Å². The second kappa shape index (κ2) is 8.85. The molecule has 0 fully saturated rings. The van der Waals surface area contributed by atoms with Gasteiger partial charge < -0.3 is 10.2 Å². The maximum absolute atomic E-state index is 13.0. The van der Waals surface area contributed by atoms with Crippen LogP contribution in [0.2, 0.25) is 0 Å². The highest BCUT2D eigenvalue weighted by Crippen LogP contribution is 2.23. The third-order valence-corrected chi connectivity index (χ3v) is 5.22. The van der Waals surface area contributed by atoms with E-state index in [2.05, 4.69) is 5.32 Å². The van der Waals surface area contributed by atoms with Crippen LogP contribution in [0.4, 0.5) is 5.69 Å². The van der Waals surface area contributed by atoms with Gasteiger partial charge >= 0.3 is 0 Å². The number of amides is 4. The second-order valence-corrected chi connectivity index (χ2v) is 7.48. The largest absolute Gasteiger partial charge is 0.337 e. The molecule has 3 aromatic rings. The molecule has 0 spiro atoms. The lowest BCUT2D eigenvalue weighted by Gasteiger charge is -2.20. The van der Waals surface area contributed by atoms with Crippen LogP contribution in [0.15, 0.2) is 78.9 Å². The number of anilines is 1. The molecule has 1 heterocycles. The van der Waals surface area contributed by atoms with Crippen molar-refractivity contribution in [1.29, 1.82) is 0 Å². The summed E-state index contributed by atoms with van der Waals surface area (Å²) < 4.78 is 0. The van der Waals surface area contributed by atoms with Crippen LogP contribution >= 0.6 is 0 Å². The van der Waals surface area contributed by atoms with Crippen molar-refractivity contribution in [3.8, 4) is 0 Å². The molecule has 0 aliphatic carbocycles. The number of carbonyl (C=O) groups is 4. The highest BCUT2D eigenvalue weighted by atomic mass is 16.2. The molecule has 1 N–H and O–H groups in total. The average molecular weight is 427 g/mol. The van der Waals surface area contributed by atoms with Crippen molar-refractivity contribution < 1.29 is 19.2 Å². The Morgan fingerprint density at radius 1 is 0.812 bits per heavy atom. The van der Waals surface area contributed by atoms with Gasteiger partial charge in [-0.25, -0.2) is 0 Å². The molecule has 0 bridgehead atoms. The number of rotatable bonds is 6. The fourth-order valence-corrected chi connectivity index (χ4v) is 3.63. The number of para-hydroxylation sites is 1. The van der Waals surface area contributed by atoms with Crippen molar-refractivity contribution in [2.75, 3.05) is 18.9 Å². The van der Waals surface area contributed by atoms with Crippen molar-refractivity contribution in [2.24, 2.45) is 0 Å². The second-order valence-electron chi connectivity index (χ2n) is 7.48. The van der Waals surface area contributed by atoms with Crippen LogP contribution in [0, 0.1) is 0 Å². The Balaban J connectivity index is 1.46. The lowest BCUT2D eigenvalue weighted by Crippen LogP contribution is -2.37. The van der Waals surface area contributed by atoms with E-state index in [9.17, 15) is 19.2 Å². The Bertz CT molecular complexity index is 1170. The zero-order chi connectivity index (χ0) is 22.7. The molecule has 0 atom stereocenters. The first-order valence-corrected chi connectivity index (χ1v) is 10.1. The molecule has 0 unspecified atom stereocenters. The molecule has 32 heavy (non-hydrogen) atoms. The van der Waals surface area contributed by atoms with Crippen molar-refractivity contribution >= 4 is 29.3 Å². The van der Waals surface area contributed by atoms with E-state index >= 15 is 0 Å². The van der Waals surface area contributed by atoms with Crippen LogP contribution in [0.1, 0.15) is 36.6 Å². The average Bonchev–Trinajstić information content (AvgIpc) is 3.04. The van der Waals surface area contributed by atoms with Gasteiger partial charge in [-0.2, -0.15) is 0 Å². The van der Waals surface area contributed by atoms with Gasteiger partial charge in [-0.15, -0.1) is 0 Å².